The molecule has 1 atom stereocenters. The first-order valence-corrected chi connectivity index (χ1v) is 5.86. The summed E-state index contributed by atoms with van der Waals surface area (Å²) in [5.74, 6) is 1.51. The Morgan fingerprint density at radius 1 is 1.22 bits per heavy atom. The third kappa shape index (κ3) is 2.84. The number of aromatic nitrogens is 2. The Labute approximate surface area is 107 Å². The Morgan fingerprint density at radius 2 is 1.89 bits per heavy atom. The first-order valence-electron chi connectivity index (χ1n) is 5.86. The molecule has 0 saturated carbocycles. The zero-order chi connectivity index (χ0) is 13.0. The first kappa shape index (κ1) is 12.5. The van der Waals surface area contributed by atoms with Gasteiger partial charge in [-0.2, -0.15) is 0 Å². The van der Waals surface area contributed by atoms with Crippen LogP contribution in [0.15, 0.2) is 36.7 Å². The molecule has 2 rings (SSSR count). The Morgan fingerprint density at radius 3 is 2.56 bits per heavy atom. The molecule has 0 fully saturated rings. The number of para-hydroxylation sites is 1. The van der Waals surface area contributed by atoms with Crippen LogP contribution in [0.4, 0.5) is 0 Å². The Kier molecular flexibility index (Phi) is 3.89. The summed E-state index contributed by atoms with van der Waals surface area (Å²) in [4.78, 5) is 8.51. The minimum atomic E-state index is -0.220. The second kappa shape index (κ2) is 5.60. The maximum absolute atomic E-state index is 6.12. The fourth-order valence-electron chi connectivity index (χ4n) is 1.79. The number of methoxy groups -OCH3 is 1. The van der Waals surface area contributed by atoms with Gasteiger partial charge in [0.15, 0.2) is 0 Å². The monoisotopic (exact) mass is 243 g/mol. The van der Waals surface area contributed by atoms with Crippen molar-refractivity contribution < 1.29 is 4.74 Å². The summed E-state index contributed by atoms with van der Waals surface area (Å²) in [6, 6.07) is 7.63. The fourth-order valence-corrected chi connectivity index (χ4v) is 1.79. The van der Waals surface area contributed by atoms with Gasteiger partial charge in [-0.25, -0.2) is 9.97 Å². The van der Waals surface area contributed by atoms with E-state index in [0.29, 0.717) is 12.2 Å². The summed E-state index contributed by atoms with van der Waals surface area (Å²) in [7, 11) is 1.66. The molecule has 0 radical (unpaired) electrons. The summed E-state index contributed by atoms with van der Waals surface area (Å²) in [6.07, 6.45) is 4.22. The Hall–Kier alpha value is -1.94. The van der Waals surface area contributed by atoms with Crippen molar-refractivity contribution in [3.05, 3.63) is 53.6 Å². The van der Waals surface area contributed by atoms with E-state index in [-0.39, 0.29) is 6.04 Å². The maximum Gasteiger partial charge on any atom is 0.145 e. The van der Waals surface area contributed by atoms with E-state index in [1.54, 1.807) is 19.5 Å². The van der Waals surface area contributed by atoms with Gasteiger partial charge in [0.1, 0.15) is 11.6 Å². The van der Waals surface area contributed by atoms with E-state index >= 15 is 0 Å². The van der Waals surface area contributed by atoms with Crippen LogP contribution in [0.5, 0.6) is 5.75 Å². The molecule has 0 spiro atoms. The van der Waals surface area contributed by atoms with Gasteiger partial charge in [-0.3, -0.25) is 0 Å². The number of hydrogen-bond donors (Lipinski definition) is 1. The second-order valence-corrected chi connectivity index (χ2v) is 4.24. The number of rotatable bonds is 4. The molecule has 1 aromatic carbocycles. The van der Waals surface area contributed by atoms with Crippen molar-refractivity contribution in [1.29, 1.82) is 0 Å². The maximum atomic E-state index is 6.12. The summed E-state index contributed by atoms with van der Waals surface area (Å²) in [5.41, 5.74) is 8.22. The molecule has 0 aliphatic heterocycles. The largest absolute Gasteiger partial charge is 0.496 e. The van der Waals surface area contributed by atoms with Crippen molar-refractivity contribution in [2.45, 2.75) is 19.4 Å². The van der Waals surface area contributed by atoms with Crippen LogP contribution in [-0.4, -0.2) is 17.1 Å². The standard InChI is InChI=1S/C14H17N3O/c1-10-8-16-14(17-9-10)12(15)7-11-5-3-4-6-13(11)18-2/h3-6,8-9,12H,7,15H2,1-2H3. The van der Waals surface area contributed by atoms with E-state index < -0.39 is 0 Å². The van der Waals surface area contributed by atoms with Crippen LogP contribution in [0, 0.1) is 6.92 Å². The van der Waals surface area contributed by atoms with E-state index in [1.165, 1.54) is 0 Å². The predicted molar refractivity (Wildman–Crippen MR) is 70.4 cm³/mol. The third-order valence-corrected chi connectivity index (χ3v) is 2.76. The number of nitrogens with two attached hydrogens (primary N) is 1. The van der Waals surface area contributed by atoms with Gasteiger partial charge < -0.3 is 10.5 Å². The molecular weight excluding hydrogens is 226 g/mol. The van der Waals surface area contributed by atoms with Crippen molar-refractivity contribution in [3.63, 3.8) is 0 Å². The third-order valence-electron chi connectivity index (χ3n) is 2.76. The van der Waals surface area contributed by atoms with Crippen LogP contribution >= 0.6 is 0 Å². The molecule has 1 heterocycles. The van der Waals surface area contributed by atoms with E-state index in [4.69, 9.17) is 10.5 Å². The first-order chi connectivity index (χ1) is 8.70. The Bertz CT molecular complexity index is 511. The van der Waals surface area contributed by atoms with Crippen LogP contribution < -0.4 is 10.5 Å². The lowest BCUT2D eigenvalue weighted by Gasteiger charge is -2.13. The fraction of sp³-hybridized carbons (Fsp3) is 0.286. The summed E-state index contributed by atoms with van der Waals surface area (Å²) >= 11 is 0. The van der Waals surface area contributed by atoms with Crippen molar-refractivity contribution in [2.24, 2.45) is 5.73 Å². The molecule has 0 amide bonds. The Balaban J connectivity index is 2.15. The molecular formula is C14H17N3O. The molecule has 1 unspecified atom stereocenters. The molecule has 2 N–H and O–H groups in total. The van der Waals surface area contributed by atoms with Crippen molar-refractivity contribution >= 4 is 0 Å². The van der Waals surface area contributed by atoms with Gasteiger partial charge in [-0.15, -0.1) is 0 Å². The summed E-state index contributed by atoms with van der Waals surface area (Å²) in [6.45, 7) is 1.95. The van der Waals surface area contributed by atoms with Crippen molar-refractivity contribution in [2.75, 3.05) is 7.11 Å². The van der Waals surface area contributed by atoms with Gasteiger partial charge >= 0.3 is 0 Å². The zero-order valence-electron chi connectivity index (χ0n) is 10.6. The molecule has 0 bridgehead atoms. The smallest absolute Gasteiger partial charge is 0.145 e. The number of ether oxygens (including phenoxy) is 1. The van der Waals surface area contributed by atoms with E-state index in [0.717, 1.165) is 16.9 Å². The highest BCUT2D eigenvalue weighted by Crippen LogP contribution is 2.22. The lowest BCUT2D eigenvalue weighted by molar-refractivity contribution is 0.407. The van der Waals surface area contributed by atoms with Crippen molar-refractivity contribution in [3.8, 4) is 5.75 Å². The van der Waals surface area contributed by atoms with Crippen LogP contribution in [0.3, 0.4) is 0 Å². The van der Waals surface area contributed by atoms with E-state index in [1.807, 2.05) is 31.2 Å². The molecule has 0 saturated heterocycles. The number of aryl methyl sites for hydroxylation is 1. The zero-order valence-corrected chi connectivity index (χ0v) is 10.6. The average molecular weight is 243 g/mol. The van der Waals surface area contributed by atoms with Gasteiger partial charge in [0, 0.05) is 12.4 Å². The van der Waals surface area contributed by atoms with Gasteiger partial charge in [0.25, 0.3) is 0 Å². The molecule has 94 valence electrons. The van der Waals surface area contributed by atoms with Gasteiger partial charge in [0.05, 0.1) is 13.2 Å². The lowest BCUT2D eigenvalue weighted by Crippen LogP contribution is -2.17. The highest BCUT2D eigenvalue weighted by molar-refractivity contribution is 5.34. The highest BCUT2D eigenvalue weighted by Gasteiger charge is 2.12. The average Bonchev–Trinajstić information content (AvgIpc) is 2.40. The minimum Gasteiger partial charge on any atom is -0.496 e. The molecule has 1 aromatic heterocycles. The highest BCUT2D eigenvalue weighted by atomic mass is 16.5. The SMILES string of the molecule is COc1ccccc1CC(N)c1ncc(C)cn1. The van der Waals surface area contributed by atoms with E-state index in [2.05, 4.69) is 9.97 Å². The van der Waals surface area contributed by atoms with Crippen LogP contribution in [0.25, 0.3) is 0 Å². The van der Waals surface area contributed by atoms with Gasteiger partial charge in [0.2, 0.25) is 0 Å². The normalized spacial score (nSPS) is 12.2. The molecule has 0 aliphatic rings. The van der Waals surface area contributed by atoms with Crippen LogP contribution in [0.2, 0.25) is 0 Å². The molecule has 0 aliphatic carbocycles. The molecule has 4 heteroatoms. The van der Waals surface area contributed by atoms with Gasteiger partial charge in [-0.1, -0.05) is 18.2 Å². The number of nitrogens with zero attached hydrogens (tertiary/aromatic N) is 2. The number of hydrogen-bond acceptors (Lipinski definition) is 4. The molecule has 2 aromatic rings. The summed E-state index contributed by atoms with van der Waals surface area (Å²) in [5, 5.41) is 0. The van der Waals surface area contributed by atoms with E-state index in [9.17, 15) is 0 Å². The number of benzene rings is 1. The molecule has 18 heavy (non-hydrogen) atoms. The summed E-state index contributed by atoms with van der Waals surface area (Å²) < 4.78 is 5.30. The topological polar surface area (TPSA) is 61.0 Å². The predicted octanol–water partition coefficient (Wildman–Crippen LogP) is 2.04. The van der Waals surface area contributed by atoms with Crippen molar-refractivity contribution in [1.82, 2.24) is 9.97 Å². The van der Waals surface area contributed by atoms with Crippen LogP contribution in [0.1, 0.15) is 23.0 Å². The van der Waals surface area contributed by atoms with Crippen LogP contribution in [-0.2, 0) is 6.42 Å². The van der Waals surface area contributed by atoms with Gasteiger partial charge in [-0.05, 0) is 30.5 Å². The quantitative estimate of drug-likeness (QED) is 0.892. The lowest BCUT2D eigenvalue weighted by atomic mass is 10.0. The minimum absolute atomic E-state index is 0.220. The second-order valence-electron chi connectivity index (χ2n) is 4.24. The molecule has 4 nitrogen and oxygen atoms in total.